The van der Waals surface area contributed by atoms with Crippen LogP contribution in [0.1, 0.15) is 13.3 Å². The minimum absolute atomic E-state index is 0.212. The average molecular weight is 205 g/mol. The first-order chi connectivity index (χ1) is 6.27. The zero-order valence-corrected chi connectivity index (χ0v) is 8.33. The maximum Gasteiger partial charge on any atom is 0.336 e. The third-order valence-corrected chi connectivity index (χ3v) is 2.25. The van der Waals surface area contributed by atoms with Crippen molar-refractivity contribution in [3.05, 3.63) is 0 Å². The molecule has 0 radical (unpaired) electrons. The lowest BCUT2D eigenvalue weighted by Gasteiger charge is -2.16. The van der Waals surface area contributed by atoms with Gasteiger partial charge in [0.05, 0.1) is 19.0 Å². The summed E-state index contributed by atoms with van der Waals surface area (Å²) in [5, 5.41) is 1.44. The Morgan fingerprint density at radius 3 is 3.08 bits per heavy atom. The second-order valence-electron chi connectivity index (χ2n) is 2.83. The van der Waals surface area contributed by atoms with Crippen LogP contribution in [0.3, 0.4) is 0 Å². The first-order valence-electron chi connectivity index (χ1n) is 4.32. The standard InChI is InChI=1S/C8H13ClN2O2/c1-2-7(5-9)8(12)13-11-4-3-10-6-11/h6-7H,2-5H2,1H3. The van der Waals surface area contributed by atoms with Gasteiger partial charge in [-0.1, -0.05) is 6.92 Å². The molecule has 1 unspecified atom stereocenters. The Morgan fingerprint density at radius 1 is 1.85 bits per heavy atom. The number of hydroxylamine groups is 2. The van der Waals surface area contributed by atoms with E-state index in [1.54, 1.807) is 0 Å². The SMILES string of the molecule is CCC(CCl)C(=O)ON1C=NCC1. The summed E-state index contributed by atoms with van der Waals surface area (Å²) in [5.74, 6) is -0.179. The van der Waals surface area contributed by atoms with E-state index in [0.717, 1.165) is 0 Å². The van der Waals surface area contributed by atoms with Crippen LogP contribution in [-0.4, -0.2) is 36.3 Å². The molecule has 5 heteroatoms. The van der Waals surface area contributed by atoms with Crippen molar-refractivity contribution in [1.29, 1.82) is 0 Å². The van der Waals surface area contributed by atoms with Crippen molar-refractivity contribution >= 4 is 23.9 Å². The lowest BCUT2D eigenvalue weighted by Crippen LogP contribution is -2.29. The van der Waals surface area contributed by atoms with Gasteiger partial charge < -0.3 is 4.84 Å². The summed E-state index contributed by atoms with van der Waals surface area (Å²) in [6.45, 7) is 3.24. The van der Waals surface area contributed by atoms with Gasteiger partial charge >= 0.3 is 5.97 Å². The highest BCUT2D eigenvalue weighted by molar-refractivity contribution is 6.19. The number of carbonyl (C=O) groups is 1. The third kappa shape index (κ3) is 2.88. The molecule has 0 saturated heterocycles. The average Bonchev–Trinajstić information content (AvgIpc) is 2.59. The topological polar surface area (TPSA) is 41.9 Å². The van der Waals surface area contributed by atoms with Gasteiger partial charge in [-0.25, -0.2) is 4.79 Å². The van der Waals surface area contributed by atoms with E-state index >= 15 is 0 Å². The smallest absolute Gasteiger partial charge is 0.336 e. The lowest BCUT2D eigenvalue weighted by molar-refractivity contribution is -0.174. The molecule has 1 rings (SSSR count). The Labute approximate surface area is 82.5 Å². The molecular weight excluding hydrogens is 192 g/mol. The molecule has 0 spiro atoms. The van der Waals surface area contributed by atoms with Gasteiger partial charge in [0.25, 0.3) is 0 Å². The number of alkyl halides is 1. The Hall–Kier alpha value is -0.770. The van der Waals surface area contributed by atoms with Crippen LogP contribution < -0.4 is 0 Å². The van der Waals surface area contributed by atoms with E-state index in [4.69, 9.17) is 16.4 Å². The first-order valence-corrected chi connectivity index (χ1v) is 4.85. The van der Waals surface area contributed by atoms with E-state index in [0.29, 0.717) is 25.4 Å². The molecule has 0 amide bonds. The number of hydrogen-bond acceptors (Lipinski definition) is 4. The van der Waals surface area contributed by atoms with Crippen LogP contribution in [0, 0.1) is 5.92 Å². The molecule has 1 heterocycles. The van der Waals surface area contributed by atoms with Crippen molar-refractivity contribution in [2.75, 3.05) is 19.0 Å². The fraction of sp³-hybridized carbons (Fsp3) is 0.750. The minimum atomic E-state index is -0.272. The highest BCUT2D eigenvalue weighted by Crippen LogP contribution is 2.09. The monoisotopic (exact) mass is 204 g/mol. The van der Waals surface area contributed by atoms with E-state index in [-0.39, 0.29) is 11.9 Å². The Bertz CT molecular complexity index is 204. The highest BCUT2D eigenvalue weighted by Gasteiger charge is 2.20. The third-order valence-electron chi connectivity index (χ3n) is 1.88. The summed E-state index contributed by atoms with van der Waals surface area (Å²) in [5.41, 5.74) is 0. The molecular formula is C8H13ClN2O2. The van der Waals surface area contributed by atoms with Crippen LogP contribution in [0.15, 0.2) is 4.99 Å². The molecule has 0 fully saturated rings. The molecule has 0 aromatic heterocycles. The fourth-order valence-corrected chi connectivity index (χ4v) is 1.31. The molecule has 0 N–H and O–H groups in total. The second kappa shape index (κ2) is 5.07. The normalized spacial score (nSPS) is 17.5. The Morgan fingerprint density at radius 2 is 2.62 bits per heavy atom. The van der Waals surface area contributed by atoms with E-state index in [9.17, 15) is 4.79 Å². The van der Waals surface area contributed by atoms with Crippen LogP contribution >= 0.6 is 11.6 Å². The highest BCUT2D eigenvalue weighted by atomic mass is 35.5. The van der Waals surface area contributed by atoms with Crippen molar-refractivity contribution in [1.82, 2.24) is 5.06 Å². The van der Waals surface area contributed by atoms with Gasteiger partial charge in [-0.2, -0.15) is 5.06 Å². The molecule has 13 heavy (non-hydrogen) atoms. The number of hydrogen-bond donors (Lipinski definition) is 0. The number of rotatable bonds is 4. The predicted octanol–water partition coefficient (Wildman–Crippen LogP) is 1.05. The molecule has 1 aliphatic heterocycles. The van der Waals surface area contributed by atoms with Crippen LogP contribution in [0.5, 0.6) is 0 Å². The van der Waals surface area contributed by atoms with Crippen molar-refractivity contribution in [2.24, 2.45) is 10.9 Å². The second-order valence-corrected chi connectivity index (χ2v) is 3.14. The van der Waals surface area contributed by atoms with Gasteiger partial charge in [0.15, 0.2) is 0 Å². The summed E-state index contributed by atoms with van der Waals surface area (Å²) in [4.78, 5) is 20.3. The van der Waals surface area contributed by atoms with Crippen LogP contribution in [-0.2, 0) is 9.63 Å². The van der Waals surface area contributed by atoms with Crippen LogP contribution in [0.2, 0.25) is 0 Å². The number of nitrogens with zero attached hydrogens (tertiary/aromatic N) is 2. The summed E-state index contributed by atoms with van der Waals surface area (Å²) in [6.07, 6.45) is 2.23. The summed E-state index contributed by atoms with van der Waals surface area (Å²) >= 11 is 5.60. The van der Waals surface area contributed by atoms with Crippen LogP contribution in [0.4, 0.5) is 0 Å². The van der Waals surface area contributed by atoms with Gasteiger partial charge in [-0.15, -0.1) is 11.6 Å². The molecule has 1 aliphatic rings. The Balaban J connectivity index is 2.34. The quantitative estimate of drug-likeness (QED) is 0.643. The zero-order chi connectivity index (χ0) is 9.68. The summed E-state index contributed by atoms with van der Waals surface area (Å²) in [7, 11) is 0. The van der Waals surface area contributed by atoms with Crippen molar-refractivity contribution < 1.29 is 9.63 Å². The number of carbonyl (C=O) groups excluding carboxylic acids is 1. The zero-order valence-electron chi connectivity index (χ0n) is 7.57. The molecule has 1 atom stereocenters. The van der Waals surface area contributed by atoms with Gasteiger partial charge in [0, 0.05) is 5.88 Å². The van der Waals surface area contributed by atoms with E-state index in [1.165, 1.54) is 11.4 Å². The van der Waals surface area contributed by atoms with Gasteiger partial charge in [0.1, 0.15) is 6.34 Å². The molecule has 74 valence electrons. The van der Waals surface area contributed by atoms with E-state index in [1.807, 2.05) is 6.92 Å². The van der Waals surface area contributed by atoms with Gasteiger partial charge in [0.2, 0.25) is 0 Å². The van der Waals surface area contributed by atoms with Crippen molar-refractivity contribution in [2.45, 2.75) is 13.3 Å². The van der Waals surface area contributed by atoms with Gasteiger partial charge in [-0.05, 0) is 6.42 Å². The minimum Gasteiger partial charge on any atom is -0.340 e. The van der Waals surface area contributed by atoms with Crippen LogP contribution in [0.25, 0.3) is 0 Å². The number of halogens is 1. The predicted molar refractivity (Wildman–Crippen MR) is 50.7 cm³/mol. The summed E-state index contributed by atoms with van der Waals surface area (Å²) in [6, 6.07) is 0. The van der Waals surface area contributed by atoms with Crippen molar-refractivity contribution in [3.63, 3.8) is 0 Å². The van der Waals surface area contributed by atoms with E-state index in [2.05, 4.69) is 4.99 Å². The van der Waals surface area contributed by atoms with Crippen molar-refractivity contribution in [3.8, 4) is 0 Å². The largest absolute Gasteiger partial charge is 0.340 e. The van der Waals surface area contributed by atoms with E-state index < -0.39 is 0 Å². The maximum atomic E-state index is 11.4. The summed E-state index contributed by atoms with van der Waals surface area (Å²) < 4.78 is 0. The molecule has 0 saturated carbocycles. The fourth-order valence-electron chi connectivity index (χ4n) is 0.961. The molecule has 0 aromatic rings. The maximum absolute atomic E-state index is 11.4. The Kier molecular flexibility index (Phi) is 4.02. The molecule has 4 nitrogen and oxygen atoms in total. The molecule has 0 aliphatic carbocycles. The molecule has 0 aromatic carbocycles. The lowest BCUT2D eigenvalue weighted by atomic mass is 10.1. The van der Waals surface area contributed by atoms with Gasteiger partial charge in [-0.3, -0.25) is 4.99 Å². The molecule has 0 bridgehead atoms. The number of aliphatic imine (C=N–C) groups is 1. The first kappa shape index (κ1) is 10.3.